The van der Waals surface area contributed by atoms with Crippen molar-refractivity contribution in [1.82, 2.24) is 0 Å². The van der Waals surface area contributed by atoms with Gasteiger partial charge in [0.25, 0.3) is 0 Å². The summed E-state index contributed by atoms with van der Waals surface area (Å²) in [5.74, 6) is -3.27. The summed E-state index contributed by atoms with van der Waals surface area (Å²) in [6.45, 7) is 0. The standard InChI is InChI=1S/C18H15FN2O2S3.C2HF3O2/c1-24-18-16(10-15(25-18)17(20)21)26(22,23)14-4-2-3-12(9-14)11-5-7-13(19)8-6-11;3-2(4,5)1(6)7/h2-10H,1H3,(H3,20,21);(H,6,7). The number of benzene rings is 2. The number of alkyl halides is 3. The Morgan fingerprint density at radius 1 is 1.09 bits per heavy atom. The quantitative estimate of drug-likeness (QED) is 0.188. The molecule has 2 aromatic carbocycles. The third kappa shape index (κ3) is 6.55. The first-order valence-corrected chi connectivity index (χ1v) is 12.2. The number of hydrogen-bond donors (Lipinski definition) is 3. The van der Waals surface area contributed by atoms with E-state index in [1.54, 1.807) is 36.6 Å². The van der Waals surface area contributed by atoms with Crippen LogP contribution in [0.2, 0.25) is 0 Å². The van der Waals surface area contributed by atoms with Crippen LogP contribution in [0.5, 0.6) is 0 Å². The van der Waals surface area contributed by atoms with Crippen molar-refractivity contribution in [2.75, 3.05) is 6.26 Å². The Kier molecular flexibility index (Phi) is 8.27. The van der Waals surface area contributed by atoms with Gasteiger partial charge in [-0.1, -0.05) is 24.3 Å². The lowest BCUT2D eigenvalue weighted by molar-refractivity contribution is -0.192. The summed E-state index contributed by atoms with van der Waals surface area (Å²) in [5.41, 5.74) is 6.91. The first-order valence-electron chi connectivity index (χ1n) is 8.70. The third-order valence-electron chi connectivity index (χ3n) is 3.97. The number of carboxylic acids is 1. The lowest BCUT2D eigenvalue weighted by Gasteiger charge is -2.07. The molecular formula is C20H16F4N2O4S3. The number of nitrogen functional groups attached to an aromatic ring is 1. The van der Waals surface area contributed by atoms with Crippen LogP contribution in [0.15, 0.2) is 68.6 Å². The van der Waals surface area contributed by atoms with Crippen LogP contribution in [0.4, 0.5) is 17.6 Å². The van der Waals surface area contributed by atoms with Gasteiger partial charge in [-0.05, 0) is 47.7 Å². The number of carboxylic acid groups (broad SMARTS) is 1. The number of nitrogens with two attached hydrogens (primary N) is 1. The fraction of sp³-hybridized carbons (Fsp3) is 0.100. The number of rotatable bonds is 5. The Morgan fingerprint density at radius 2 is 1.67 bits per heavy atom. The van der Waals surface area contributed by atoms with Crippen LogP contribution in [-0.2, 0) is 14.6 Å². The molecule has 3 aromatic rings. The summed E-state index contributed by atoms with van der Waals surface area (Å²) in [7, 11) is -3.77. The van der Waals surface area contributed by atoms with Gasteiger partial charge in [-0.3, -0.25) is 5.41 Å². The maximum absolute atomic E-state index is 13.1. The van der Waals surface area contributed by atoms with E-state index in [1.165, 1.54) is 47.4 Å². The zero-order chi connectivity index (χ0) is 25.0. The number of thioether (sulfide) groups is 1. The van der Waals surface area contributed by atoms with Gasteiger partial charge in [0.15, 0.2) is 0 Å². The van der Waals surface area contributed by atoms with E-state index in [1.807, 2.05) is 0 Å². The van der Waals surface area contributed by atoms with Crippen LogP contribution in [0.3, 0.4) is 0 Å². The number of thiophene rings is 1. The number of halogens is 4. The Balaban J connectivity index is 0.000000479. The predicted molar refractivity (Wildman–Crippen MR) is 118 cm³/mol. The highest BCUT2D eigenvalue weighted by Crippen LogP contribution is 2.37. The molecule has 13 heteroatoms. The van der Waals surface area contributed by atoms with E-state index in [4.69, 9.17) is 21.0 Å². The molecule has 0 aliphatic carbocycles. The van der Waals surface area contributed by atoms with Crippen LogP contribution in [0.1, 0.15) is 4.88 Å². The largest absolute Gasteiger partial charge is 0.490 e. The van der Waals surface area contributed by atoms with Crippen LogP contribution in [0, 0.1) is 11.2 Å². The van der Waals surface area contributed by atoms with E-state index in [-0.39, 0.29) is 21.4 Å². The molecule has 0 spiro atoms. The molecule has 33 heavy (non-hydrogen) atoms. The van der Waals surface area contributed by atoms with E-state index in [9.17, 15) is 26.0 Å². The minimum absolute atomic E-state index is 0.141. The lowest BCUT2D eigenvalue weighted by Crippen LogP contribution is -2.21. The molecule has 0 saturated carbocycles. The second-order valence-corrected chi connectivity index (χ2v) is 10.3. The molecule has 0 radical (unpaired) electrons. The zero-order valence-corrected chi connectivity index (χ0v) is 19.1. The van der Waals surface area contributed by atoms with Crippen molar-refractivity contribution in [1.29, 1.82) is 5.41 Å². The fourth-order valence-corrected chi connectivity index (χ4v) is 6.33. The monoisotopic (exact) mass is 520 g/mol. The molecule has 0 fully saturated rings. The molecular weight excluding hydrogens is 504 g/mol. The van der Waals surface area contributed by atoms with E-state index in [2.05, 4.69) is 0 Å². The summed E-state index contributed by atoms with van der Waals surface area (Å²) in [6, 6.07) is 13.8. The van der Waals surface area contributed by atoms with Crippen LogP contribution in [0.25, 0.3) is 11.1 Å². The van der Waals surface area contributed by atoms with Crippen molar-refractivity contribution in [2.45, 2.75) is 20.2 Å². The highest BCUT2D eigenvalue weighted by molar-refractivity contribution is 8.01. The maximum Gasteiger partial charge on any atom is 0.490 e. The summed E-state index contributed by atoms with van der Waals surface area (Å²) >= 11 is 2.49. The minimum Gasteiger partial charge on any atom is -0.475 e. The van der Waals surface area contributed by atoms with Gasteiger partial charge in [0.2, 0.25) is 9.84 Å². The number of aliphatic carboxylic acids is 1. The first-order chi connectivity index (χ1) is 15.3. The van der Waals surface area contributed by atoms with Gasteiger partial charge in [0, 0.05) is 0 Å². The molecule has 4 N–H and O–H groups in total. The second-order valence-electron chi connectivity index (χ2n) is 6.22. The molecule has 1 heterocycles. The van der Waals surface area contributed by atoms with Crippen molar-refractivity contribution in [3.05, 3.63) is 65.3 Å². The Bertz CT molecular complexity index is 1270. The van der Waals surface area contributed by atoms with Gasteiger partial charge in [0.1, 0.15) is 11.7 Å². The molecule has 0 saturated heterocycles. The van der Waals surface area contributed by atoms with Crippen molar-refractivity contribution < 1.29 is 35.9 Å². The maximum atomic E-state index is 13.1. The van der Waals surface area contributed by atoms with Crippen molar-refractivity contribution >= 4 is 44.7 Å². The van der Waals surface area contributed by atoms with E-state index in [0.29, 0.717) is 14.6 Å². The molecule has 176 valence electrons. The Hall–Kier alpha value is -2.90. The summed E-state index contributed by atoms with van der Waals surface area (Å²) in [4.78, 5) is 9.61. The SMILES string of the molecule is CSc1sc(C(=N)N)cc1S(=O)(=O)c1cccc(-c2ccc(F)cc2)c1.O=C(O)C(F)(F)F. The summed E-state index contributed by atoms with van der Waals surface area (Å²) < 4.78 is 71.7. The smallest absolute Gasteiger partial charge is 0.475 e. The lowest BCUT2D eigenvalue weighted by atomic mass is 10.1. The fourth-order valence-electron chi connectivity index (χ4n) is 2.43. The predicted octanol–water partition coefficient (Wildman–Crippen LogP) is 5.03. The average molecular weight is 521 g/mol. The summed E-state index contributed by atoms with van der Waals surface area (Å²) in [5, 5.41) is 14.7. The van der Waals surface area contributed by atoms with Gasteiger partial charge in [0.05, 0.1) is 18.9 Å². The highest BCUT2D eigenvalue weighted by atomic mass is 32.2. The normalized spacial score (nSPS) is 11.4. The van der Waals surface area contributed by atoms with Crippen LogP contribution in [-0.4, -0.2) is 37.8 Å². The molecule has 0 atom stereocenters. The minimum atomic E-state index is -5.08. The van der Waals surface area contributed by atoms with Crippen molar-refractivity contribution in [3.63, 3.8) is 0 Å². The highest BCUT2D eigenvalue weighted by Gasteiger charge is 2.38. The number of sulfone groups is 1. The molecule has 0 amide bonds. The van der Waals surface area contributed by atoms with Crippen LogP contribution >= 0.6 is 23.1 Å². The Labute approximate surface area is 194 Å². The molecule has 0 bridgehead atoms. The van der Waals surface area contributed by atoms with Crippen LogP contribution < -0.4 is 5.73 Å². The molecule has 0 aliphatic heterocycles. The number of hydrogen-bond acceptors (Lipinski definition) is 6. The molecule has 3 rings (SSSR count). The summed E-state index contributed by atoms with van der Waals surface area (Å²) in [6.07, 6.45) is -3.30. The Morgan fingerprint density at radius 3 is 2.15 bits per heavy atom. The number of amidine groups is 1. The van der Waals surface area contributed by atoms with Crippen molar-refractivity contribution in [2.24, 2.45) is 5.73 Å². The average Bonchev–Trinajstić information content (AvgIpc) is 3.20. The second kappa shape index (κ2) is 10.4. The van der Waals surface area contributed by atoms with E-state index >= 15 is 0 Å². The topological polar surface area (TPSA) is 121 Å². The zero-order valence-electron chi connectivity index (χ0n) is 16.7. The molecule has 1 aromatic heterocycles. The number of carbonyl (C=O) groups is 1. The van der Waals surface area contributed by atoms with Crippen molar-refractivity contribution in [3.8, 4) is 11.1 Å². The first kappa shape index (κ1) is 26.4. The van der Waals surface area contributed by atoms with E-state index in [0.717, 1.165) is 5.56 Å². The van der Waals surface area contributed by atoms with Gasteiger partial charge in [-0.15, -0.1) is 23.1 Å². The third-order valence-corrected chi connectivity index (χ3v) is 8.31. The van der Waals surface area contributed by atoms with Gasteiger partial charge in [-0.25, -0.2) is 17.6 Å². The van der Waals surface area contributed by atoms with Gasteiger partial charge >= 0.3 is 12.1 Å². The number of nitrogens with one attached hydrogen (secondary N) is 1. The molecule has 6 nitrogen and oxygen atoms in total. The molecule has 0 aliphatic rings. The molecule has 0 unspecified atom stereocenters. The van der Waals surface area contributed by atoms with Gasteiger partial charge < -0.3 is 10.8 Å². The van der Waals surface area contributed by atoms with Gasteiger partial charge in [-0.2, -0.15) is 13.2 Å². The van der Waals surface area contributed by atoms with E-state index < -0.39 is 22.0 Å².